The molecule has 0 saturated heterocycles. The molecule has 1 N–H and O–H groups in total. The van der Waals surface area contributed by atoms with Gasteiger partial charge in [0.25, 0.3) is 0 Å². The Bertz CT molecular complexity index is 353. The summed E-state index contributed by atoms with van der Waals surface area (Å²) in [6.07, 6.45) is 0. The Balaban J connectivity index is 0.00000121. The van der Waals surface area contributed by atoms with Gasteiger partial charge in [0.2, 0.25) is 0 Å². The van der Waals surface area contributed by atoms with Crippen LogP contribution in [0.4, 0.5) is 5.69 Å². The number of anilines is 1. The quantitative estimate of drug-likeness (QED) is 0.665. The monoisotopic (exact) mass is 301 g/mol. The van der Waals surface area contributed by atoms with Crippen LogP contribution in [-0.4, -0.2) is 24.8 Å². The lowest BCUT2D eigenvalue weighted by Gasteiger charge is -2.10. The third-order valence-electron chi connectivity index (χ3n) is 2.01. The molecule has 0 aliphatic rings. The van der Waals surface area contributed by atoms with Gasteiger partial charge in [0.15, 0.2) is 5.78 Å². The van der Waals surface area contributed by atoms with Gasteiger partial charge in [0, 0.05) is 12.1 Å². The molecule has 0 radical (unpaired) electrons. The van der Waals surface area contributed by atoms with Crippen molar-refractivity contribution in [1.82, 2.24) is 0 Å². The van der Waals surface area contributed by atoms with E-state index in [4.69, 9.17) is 4.74 Å². The lowest BCUT2D eigenvalue weighted by atomic mass is 10.1. The molecule has 0 amide bonds. The van der Waals surface area contributed by atoms with Crippen LogP contribution < -0.4 is 10.1 Å². The molecule has 1 aromatic carbocycles. The molecule has 96 valence electrons. The van der Waals surface area contributed by atoms with Crippen LogP contribution in [0.5, 0.6) is 5.75 Å². The lowest BCUT2D eigenvalue weighted by Crippen LogP contribution is -2.04. The fourth-order valence-corrected chi connectivity index (χ4v) is 1.61. The second-order valence-electron chi connectivity index (χ2n) is 3.00. The molecular formula is C13H20BrNO2. The van der Waals surface area contributed by atoms with Crippen LogP contribution in [0.1, 0.15) is 31.1 Å². The Kier molecular flexibility index (Phi) is 8.50. The second kappa shape index (κ2) is 9.05. The van der Waals surface area contributed by atoms with Crippen molar-refractivity contribution in [3.8, 4) is 5.75 Å². The molecule has 0 spiro atoms. The van der Waals surface area contributed by atoms with Crippen molar-refractivity contribution in [1.29, 1.82) is 0 Å². The van der Waals surface area contributed by atoms with Crippen LogP contribution in [-0.2, 0) is 0 Å². The molecule has 1 aromatic rings. The Labute approximate surface area is 112 Å². The second-order valence-corrected chi connectivity index (χ2v) is 3.56. The summed E-state index contributed by atoms with van der Waals surface area (Å²) in [7, 11) is 1.61. The van der Waals surface area contributed by atoms with E-state index in [1.165, 1.54) is 0 Å². The van der Waals surface area contributed by atoms with Gasteiger partial charge >= 0.3 is 0 Å². The first-order chi connectivity index (χ1) is 8.22. The Morgan fingerprint density at radius 2 is 2.06 bits per heavy atom. The molecule has 0 bridgehead atoms. The van der Waals surface area contributed by atoms with E-state index >= 15 is 0 Å². The largest absolute Gasteiger partial charge is 0.495 e. The summed E-state index contributed by atoms with van der Waals surface area (Å²) in [5.41, 5.74) is 1.54. The van der Waals surface area contributed by atoms with E-state index in [0.717, 1.165) is 18.0 Å². The number of rotatable bonds is 5. The van der Waals surface area contributed by atoms with E-state index < -0.39 is 0 Å². The summed E-state index contributed by atoms with van der Waals surface area (Å²) in [5.74, 6) is 0.819. The zero-order valence-corrected chi connectivity index (χ0v) is 12.4. The predicted octanol–water partition coefficient (Wildman–Crippen LogP) is 3.73. The standard InChI is InChI=1S/C11H14BrNO2.C2H6/c1-3-13-9-6-8(10(14)7-12)4-5-11(9)15-2;1-2/h4-6,13H,3,7H2,1-2H3;1-2H3. The summed E-state index contributed by atoms with van der Waals surface area (Å²) in [5, 5.41) is 3.49. The van der Waals surface area contributed by atoms with Gasteiger partial charge in [0.05, 0.1) is 18.1 Å². The van der Waals surface area contributed by atoms with Crippen LogP contribution in [0.3, 0.4) is 0 Å². The molecule has 17 heavy (non-hydrogen) atoms. The predicted molar refractivity (Wildman–Crippen MR) is 76.6 cm³/mol. The first-order valence-corrected chi connectivity index (χ1v) is 6.86. The van der Waals surface area contributed by atoms with Gasteiger partial charge in [-0.05, 0) is 25.1 Å². The summed E-state index contributed by atoms with van der Waals surface area (Å²) >= 11 is 3.15. The van der Waals surface area contributed by atoms with Crippen molar-refractivity contribution in [2.45, 2.75) is 20.8 Å². The first-order valence-electron chi connectivity index (χ1n) is 5.74. The average Bonchev–Trinajstić information content (AvgIpc) is 2.40. The van der Waals surface area contributed by atoms with Crippen molar-refractivity contribution >= 4 is 27.4 Å². The molecule has 0 aliphatic heterocycles. The van der Waals surface area contributed by atoms with Crippen LogP contribution in [0.15, 0.2) is 18.2 Å². The van der Waals surface area contributed by atoms with Crippen molar-refractivity contribution in [3.63, 3.8) is 0 Å². The number of alkyl halides is 1. The van der Waals surface area contributed by atoms with E-state index in [0.29, 0.717) is 10.9 Å². The molecule has 4 heteroatoms. The lowest BCUT2D eigenvalue weighted by molar-refractivity contribution is 0.102. The first kappa shape index (κ1) is 16.0. The molecule has 0 fully saturated rings. The topological polar surface area (TPSA) is 38.3 Å². The van der Waals surface area contributed by atoms with Crippen molar-refractivity contribution in [2.24, 2.45) is 0 Å². The number of halogens is 1. The molecule has 1 rings (SSSR count). The van der Waals surface area contributed by atoms with Gasteiger partial charge in [-0.2, -0.15) is 0 Å². The third-order valence-corrected chi connectivity index (χ3v) is 2.52. The van der Waals surface area contributed by atoms with Gasteiger partial charge in [-0.1, -0.05) is 29.8 Å². The molecule has 0 aromatic heterocycles. The zero-order chi connectivity index (χ0) is 13.3. The molecule has 0 unspecified atom stereocenters. The number of hydrogen-bond donors (Lipinski definition) is 1. The number of benzene rings is 1. The van der Waals surface area contributed by atoms with E-state index in [9.17, 15) is 4.79 Å². The maximum Gasteiger partial charge on any atom is 0.173 e. The van der Waals surface area contributed by atoms with Crippen LogP contribution >= 0.6 is 15.9 Å². The highest BCUT2D eigenvalue weighted by Crippen LogP contribution is 2.25. The number of methoxy groups -OCH3 is 1. The number of carbonyl (C=O) groups is 1. The highest BCUT2D eigenvalue weighted by molar-refractivity contribution is 9.09. The summed E-state index contributed by atoms with van der Waals surface area (Å²) in [6, 6.07) is 5.38. The molecule has 0 saturated carbocycles. The van der Waals surface area contributed by atoms with Gasteiger partial charge in [0.1, 0.15) is 5.75 Å². The van der Waals surface area contributed by atoms with Crippen molar-refractivity contribution in [2.75, 3.05) is 24.3 Å². The van der Waals surface area contributed by atoms with Crippen LogP contribution in [0.2, 0.25) is 0 Å². The zero-order valence-electron chi connectivity index (χ0n) is 10.8. The minimum absolute atomic E-state index is 0.0665. The summed E-state index contributed by atoms with van der Waals surface area (Å²) in [4.78, 5) is 11.5. The normalized spacial score (nSPS) is 9.00. The van der Waals surface area contributed by atoms with Gasteiger partial charge in [-0.15, -0.1) is 0 Å². The number of nitrogens with one attached hydrogen (secondary N) is 1. The van der Waals surface area contributed by atoms with Crippen LogP contribution in [0.25, 0.3) is 0 Å². The Morgan fingerprint density at radius 3 is 2.53 bits per heavy atom. The fourth-order valence-electron chi connectivity index (χ4n) is 1.29. The van der Waals surface area contributed by atoms with Crippen LogP contribution in [0, 0.1) is 0 Å². The average molecular weight is 302 g/mol. The smallest absolute Gasteiger partial charge is 0.173 e. The molecule has 0 atom stereocenters. The van der Waals surface area contributed by atoms with Gasteiger partial charge in [-0.25, -0.2) is 0 Å². The number of ketones is 1. The molecule has 0 aliphatic carbocycles. The summed E-state index contributed by atoms with van der Waals surface area (Å²) < 4.78 is 5.18. The number of carbonyl (C=O) groups excluding carboxylic acids is 1. The van der Waals surface area contributed by atoms with E-state index in [1.54, 1.807) is 19.2 Å². The van der Waals surface area contributed by atoms with Gasteiger partial charge in [-0.3, -0.25) is 4.79 Å². The highest BCUT2D eigenvalue weighted by atomic mass is 79.9. The maximum atomic E-state index is 11.5. The van der Waals surface area contributed by atoms with E-state index in [1.807, 2.05) is 26.8 Å². The highest BCUT2D eigenvalue weighted by Gasteiger charge is 2.08. The number of ether oxygens (including phenoxy) is 1. The van der Waals surface area contributed by atoms with E-state index in [2.05, 4.69) is 21.2 Å². The molecule has 3 nitrogen and oxygen atoms in total. The fraction of sp³-hybridized carbons (Fsp3) is 0.462. The minimum Gasteiger partial charge on any atom is -0.495 e. The SMILES string of the molecule is CC.CCNc1cc(C(=O)CBr)ccc1OC. The summed E-state index contributed by atoms with van der Waals surface area (Å²) in [6.45, 7) is 6.79. The molecular weight excluding hydrogens is 282 g/mol. The molecule has 0 heterocycles. The van der Waals surface area contributed by atoms with E-state index in [-0.39, 0.29) is 5.78 Å². The Hall–Kier alpha value is -1.03. The third kappa shape index (κ3) is 4.77. The van der Waals surface area contributed by atoms with Crippen molar-refractivity contribution in [3.05, 3.63) is 23.8 Å². The maximum absolute atomic E-state index is 11.5. The Morgan fingerprint density at radius 1 is 1.41 bits per heavy atom. The number of hydrogen-bond acceptors (Lipinski definition) is 3. The minimum atomic E-state index is 0.0665. The van der Waals surface area contributed by atoms with Gasteiger partial charge < -0.3 is 10.1 Å². The van der Waals surface area contributed by atoms with Crippen molar-refractivity contribution < 1.29 is 9.53 Å². The number of Topliss-reactive ketones (excluding diaryl/α,β-unsaturated/α-hetero) is 1.